The van der Waals surface area contributed by atoms with E-state index in [0.29, 0.717) is 18.0 Å². The van der Waals surface area contributed by atoms with Crippen LogP contribution in [0.4, 0.5) is 10.5 Å². The fourth-order valence-corrected chi connectivity index (χ4v) is 3.36. The second kappa shape index (κ2) is 10.7. The molecule has 0 atom stereocenters. The molecular weight excluding hydrogens is 354 g/mol. The van der Waals surface area contributed by atoms with E-state index >= 15 is 0 Å². The molecule has 6 heteroatoms. The molecule has 28 heavy (non-hydrogen) atoms. The van der Waals surface area contributed by atoms with Crippen LogP contribution in [-0.2, 0) is 11.3 Å². The van der Waals surface area contributed by atoms with Crippen LogP contribution in [-0.4, -0.2) is 62.3 Å². The van der Waals surface area contributed by atoms with Crippen molar-refractivity contribution in [2.45, 2.75) is 13.0 Å². The minimum absolute atomic E-state index is 0.408. The highest BCUT2D eigenvalue weighted by atomic mass is 16.5. The summed E-state index contributed by atoms with van der Waals surface area (Å²) in [5, 5.41) is 2.72. The van der Waals surface area contributed by atoms with E-state index in [2.05, 4.69) is 45.4 Å². The number of hydrogen-bond acceptors (Lipinski definition) is 5. The molecule has 1 N–H and O–H groups in total. The highest BCUT2D eigenvalue weighted by molar-refractivity contribution is 5.86. The molecule has 0 unspecified atom stereocenters. The van der Waals surface area contributed by atoms with E-state index in [1.807, 2.05) is 12.1 Å². The number of ether oxygens (including phenoxy) is 2. The van der Waals surface area contributed by atoms with Crippen molar-refractivity contribution in [3.63, 3.8) is 0 Å². The van der Waals surface area contributed by atoms with Gasteiger partial charge in [-0.25, -0.2) is 4.79 Å². The monoisotopic (exact) mass is 383 g/mol. The molecule has 1 aliphatic rings. The fourth-order valence-electron chi connectivity index (χ4n) is 3.36. The summed E-state index contributed by atoms with van der Waals surface area (Å²) < 4.78 is 10.5. The van der Waals surface area contributed by atoms with Crippen molar-refractivity contribution in [3.8, 4) is 5.75 Å². The van der Waals surface area contributed by atoms with Crippen LogP contribution in [0.25, 0.3) is 0 Å². The molecule has 3 rings (SSSR count). The van der Waals surface area contributed by atoms with Crippen molar-refractivity contribution in [1.82, 2.24) is 9.80 Å². The first kappa shape index (κ1) is 20.2. The summed E-state index contributed by atoms with van der Waals surface area (Å²) in [7, 11) is 1.57. The molecule has 1 amide bonds. The number of hydrogen-bond donors (Lipinski definition) is 1. The summed E-state index contributed by atoms with van der Waals surface area (Å²) in [5.41, 5.74) is 1.98. The van der Waals surface area contributed by atoms with Gasteiger partial charge < -0.3 is 14.4 Å². The van der Waals surface area contributed by atoms with Crippen LogP contribution in [0.2, 0.25) is 0 Å². The fraction of sp³-hybridized carbons (Fsp3) is 0.409. The SMILES string of the molecule is COc1ccccc1NC(=O)OCCCN1CCN(Cc2ccccc2)CC1. The largest absolute Gasteiger partial charge is 0.495 e. The first-order chi connectivity index (χ1) is 13.7. The molecule has 0 aromatic heterocycles. The predicted molar refractivity (Wildman–Crippen MR) is 111 cm³/mol. The molecule has 2 aromatic carbocycles. The van der Waals surface area contributed by atoms with Crippen molar-refractivity contribution in [2.24, 2.45) is 0 Å². The van der Waals surface area contributed by atoms with E-state index < -0.39 is 6.09 Å². The van der Waals surface area contributed by atoms with E-state index in [0.717, 1.165) is 45.7 Å². The molecule has 1 heterocycles. The number of benzene rings is 2. The van der Waals surface area contributed by atoms with Gasteiger partial charge in [-0.2, -0.15) is 0 Å². The van der Waals surface area contributed by atoms with E-state index in [9.17, 15) is 4.79 Å². The van der Waals surface area contributed by atoms with Gasteiger partial charge in [0.15, 0.2) is 0 Å². The Morgan fingerprint density at radius 2 is 1.64 bits per heavy atom. The average Bonchev–Trinajstić information content (AvgIpc) is 2.73. The third-order valence-corrected chi connectivity index (χ3v) is 4.91. The van der Waals surface area contributed by atoms with E-state index in [4.69, 9.17) is 9.47 Å². The van der Waals surface area contributed by atoms with Crippen LogP contribution < -0.4 is 10.1 Å². The lowest BCUT2D eigenvalue weighted by atomic mass is 10.2. The molecular formula is C22H29N3O3. The lowest BCUT2D eigenvalue weighted by Crippen LogP contribution is -2.46. The van der Waals surface area contributed by atoms with Crippen molar-refractivity contribution in [3.05, 3.63) is 60.2 Å². The molecule has 0 spiro atoms. The Kier molecular flexibility index (Phi) is 7.70. The molecule has 6 nitrogen and oxygen atoms in total. The minimum Gasteiger partial charge on any atom is -0.495 e. The van der Waals surface area contributed by atoms with E-state index in [1.165, 1.54) is 5.56 Å². The topological polar surface area (TPSA) is 54.0 Å². The maximum atomic E-state index is 11.9. The Morgan fingerprint density at radius 1 is 0.964 bits per heavy atom. The number of para-hydroxylation sites is 2. The quantitative estimate of drug-likeness (QED) is 0.708. The summed E-state index contributed by atoms with van der Waals surface area (Å²) in [6.45, 7) is 6.63. The van der Waals surface area contributed by atoms with Crippen LogP contribution in [0, 0.1) is 0 Å². The average molecular weight is 383 g/mol. The standard InChI is InChI=1S/C22H29N3O3/c1-27-21-11-6-5-10-20(21)23-22(26)28-17-7-12-24-13-15-25(16-14-24)18-19-8-3-2-4-9-19/h2-6,8-11H,7,12-18H2,1H3,(H,23,26). The van der Waals surface area contributed by atoms with Gasteiger partial charge in [0.05, 0.1) is 19.4 Å². The third-order valence-electron chi connectivity index (χ3n) is 4.91. The minimum atomic E-state index is -0.447. The molecule has 0 radical (unpaired) electrons. The Bertz CT molecular complexity index is 731. The van der Waals surface area contributed by atoms with Gasteiger partial charge in [-0.3, -0.25) is 10.2 Å². The lowest BCUT2D eigenvalue weighted by molar-refractivity contribution is 0.114. The highest BCUT2D eigenvalue weighted by Gasteiger charge is 2.16. The van der Waals surface area contributed by atoms with Crippen LogP contribution in [0.5, 0.6) is 5.75 Å². The zero-order chi connectivity index (χ0) is 19.6. The van der Waals surface area contributed by atoms with Gasteiger partial charge in [-0.05, 0) is 24.1 Å². The number of rotatable bonds is 8. The third kappa shape index (κ3) is 6.25. The van der Waals surface area contributed by atoms with Gasteiger partial charge in [-0.1, -0.05) is 42.5 Å². The molecule has 0 aliphatic carbocycles. The summed E-state index contributed by atoms with van der Waals surface area (Å²) >= 11 is 0. The number of carbonyl (C=O) groups is 1. The number of nitrogens with zero attached hydrogens (tertiary/aromatic N) is 2. The number of carbonyl (C=O) groups excluding carboxylic acids is 1. The normalized spacial score (nSPS) is 15.2. The van der Waals surface area contributed by atoms with Crippen LogP contribution in [0.15, 0.2) is 54.6 Å². The van der Waals surface area contributed by atoms with Crippen molar-refractivity contribution < 1.29 is 14.3 Å². The van der Waals surface area contributed by atoms with Crippen LogP contribution >= 0.6 is 0 Å². The summed E-state index contributed by atoms with van der Waals surface area (Å²) in [4.78, 5) is 16.9. The summed E-state index contributed by atoms with van der Waals surface area (Å²) in [5.74, 6) is 0.618. The number of piperazine rings is 1. The van der Waals surface area contributed by atoms with Crippen molar-refractivity contribution >= 4 is 11.8 Å². The van der Waals surface area contributed by atoms with Gasteiger partial charge in [0.2, 0.25) is 0 Å². The summed E-state index contributed by atoms with van der Waals surface area (Å²) in [6.07, 6.45) is 0.384. The lowest BCUT2D eigenvalue weighted by Gasteiger charge is -2.34. The number of anilines is 1. The Morgan fingerprint density at radius 3 is 2.39 bits per heavy atom. The molecule has 1 aliphatic heterocycles. The van der Waals surface area contributed by atoms with Gasteiger partial charge in [0.1, 0.15) is 5.75 Å². The second-order valence-electron chi connectivity index (χ2n) is 6.92. The smallest absolute Gasteiger partial charge is 0.411 e. The first-order valence-electron chi connectivity index (χ1n) is 9.80. The van der Waals surface area contributed by atoms with Crippen molar-refractivity contribution in [2.75, 3.05) is 51.8 Å². The zero-order valence-electron chi connectivity index (χ0n) is 16.5. The van der Waals surface area contributed by atoms with E-state index in [-0.39, 0.29) is 0 Å². The Balaban J connectivity index is 1.29. The number of methoxy groups -OCH3 is 1. The number of nitrogens with one attached hydrogen (secondary N) is 1. The first-order valence-corrected chi connectivity index (χ1v) is 9.80. The van der Waals surface area contributed by atoms with Gasteiger partial charge in [0.25, 0.3) is 0 Å². The van der Waals surface area contributed by atoms with E-state index in [1.54, 1.807) is 19.2 Å². The maximum absolute atomic E-state index is 11.9. The predicted octanol–water partition coefficient (Wildman–Crippen LogP) is 3.45. The highest BCUT2D eigenvalue weighted by Crippen LogP contribution is 2.23. The summed E-state index contributed by atoms with van der Waals surface area (Å²) in [6, 6.07) is 17.9. The van der Waals surface area contributed by atoms with Gasteiger partial charge in [0, 0.05) is 39.3 Å². The molecule has 2 aromatic rings. The molecule has 1 saturated heterocycles. The Labute approximate surface area is 167 Å². The molecule has 150 valence electrons. The van der Waals surface area contributed by atoms with Crippen LogP contribution in [0.1, 0.15) is 12.0 Å². The number of amides is 1. The van der Waals surface area contributed by atoms with Gasteiger partial charge in [-0.15, -0.1) is 0 Å². The Hall–Kier alpha value is -2.57. The molecule has 0 saturated carbocycles. The van der Waals surface area contributed by atoms with Crippen LogP contribution in [0.3, 0.4) is 0 Å². The van der Waals surface area contributed by atoms with Crippen molar-refractivity contribution in [1.29, 1.82) is 0 Å². The van der Waals surface area contributed by atoms with Gasteiger partial charge >= 0.3 is 6.09 Å². The second-order valence-corrected chi connectivity index (χ2v) is 6.92. The molecule has 1 fully saturated rings. The maximum Gasteiger partial charge on any atom is 0.411 e. The zero-order valence-corrected chi connectivity index (χ0v) is 16.5. The molecule has 0 bridgehead atoms.